The largest absolute Gasteiger partial charge is 0.416 e. The van der Waals surface area contributed by atoms with Crippen molar-refractivity contribution >= 4 is 8.53 Å². The Labute approximate surface area is 267 Å². The molecule has 0 amide bonds. The molecule has 3 aromatic carbocycles. The number of nitrogens with one attached hydrogen (secondary N) is 1. The van der Waals surface area contributed by atoms with E-state index in [4.69, 9.17) is 18.5 Å². The standard InChI is InChI=1S/C31H31F6N4O5P/c1-21(24-14-25(30(32,33)34)16-26(15-24)31(35,36)37)46-28-18-40(12-13-43-28)17-27-38-29(42)41(39-27)47(44-19-22-8-4-2-5-9-22)45-20-23-10-6-3-7-11-23/h2-11,14-16,21,28H,12-13,17-20H2,1H3,(H,38,39,42)/t21-,28-/m1/s1. The average Bonchev–Trinajstić information content (AvgIpc) is 3.40. The van der Waals surface area contributed by atoms with Gasteiger partial charge in [0.25, 0.3) is 0 Å². The molecular formula is C31H31F6N4O5P. The SMILES string of the molecule is C[C@@H](O[C@@H]1CN(Cc2nn(P(OCc3ccccc3)OCc3ccccc3)c(=O)[nH]2)CCO1)c1cc(C(F)(F)F)cc(C(F)(F)F)c1. The van der Waals surface area contributed by atoms with E-state index >= 15 is 0 Å². The molecule has 1 aromatic heterocycles. The summed E-state index contributed by atoms with van der Waals surface area (Å²) in [7, 11) is -1.96. The first-order valence-corrected chi connectivity index (χ1v) is 15.6. The fourth-order valence-corrected chi connectivity index (χ4v) is 5.91. The molecule has 5 rings (SSSR count). The monoisotopic (exact) mass is 684 g/mol. The predicted octanol–water partition coefficient (Wildman–Crippen LogP) is 7.05. The van der Waals surface area contributed by atoms with Gasteiger partial charge in [0.1, 0.15) is 5.82 Å². The number of benzene rings is 3. The maximum Gasteiger partial charge on any atom is 0.416 e. The number of halogens is 6. The quantitative estimate of drug-likeness (QED) is 0.126. The van der Waals surface area contributed by atoms with Crippen LogP contribution in [0.15, 0.2) is 83.7 Å². The lowest BCUT2D eigenvalue weighted by atomic mass is 10.0. The Kier molecular flexibility index (Phi) is 11.2. The summed E-state index contributed by atoms with van der Waals surface area (Å²) in [5, 5.41) is 4.42. The summed E-state index contributed by atoms with van der Waals surface area (Å²) < 4.78 is 105. The highest BCUT2D eigenvalue weighted by Gasteiger charge is 2.38. The number of hydrogen-bond donors (Lipinski definition) is 1. The zero-order valence-electron chi connectivity index (χ0n) is 25.0. The highest BCUT2D eigenvalue weighted by molar-refractivity contribution is 7.45. The van der Waals surface area contributed by atoms with Crippen LogP contribution in [0.2, 0.25) is 0 Å². The zero-order valence-corrected chi connectivity index (χ0v) is 25.9. The Morgan fingerprint density at radius 1 is 0.915 bits per heavy atom. The van der Waals surface area contributed by atoms with Gasteiger partial charge >= 0.3 is 26.6 Å². The van der Waals surface area contributed by atoms with Crippen LogP contribution in [0.4, 0.5) is 26.3 Å². The summed E-state index contributed by atoms with van der Waals surface area (Å²) in [6.45, 7) is 2.50. The molecule has 1 fully saturated rings. The number of aromatic nitrogens is 3. The van der Waals surface area contributed by atoms with Crippen molar-refractivity contribution in [3.8, 4) is 0 Å². The highest BCUT2D eigenvalue weighted by Crippen LogP contribution is 2.40. The summed E-state index contributed by atoms with van der Waals surface area (Å²) in [6, 6.07) is 20.1. The van der Waals surface area contributed by atoms with Crippen LogP contribution in [0.5, 0.6) is 0 Å². The summed E-state index contributed by atoms with van der Waals surface area (Å²) >= 11 is 0. The fraction of sp³-hybridized carbons (Fsp3) is 0.355. The van der Waals surface area contributed by atoms with E-state index in [-0.39, 0.29) is 50.4 Å². The fourth-order valence-electron chi connectivity index (χ4n) is 4.72. The Bertz CT molecular complexity index is 1580. The van der Waals surface area contributed by atoms with Gasteiger partial charge in [-0.15, -0.1) is 9.55 Å². The second kappa shape index (κ2) is 15.1. The van der Waals surface area contributed by atoms with E-state index in [1.165, 1.54) is 6.92 Å². The third-order valence-corrected chi connectivity index (χ3v) is 8.38. The zero-order chi connectivity index (χ0) is 33.6. The van der Waals surface area contributed by atoms with Crippen LogP contribution in [0.1, 0.15) is 46.7 Å². The number of ether oxygens (including phenoxy) is 2. The molecule has 0 radical (unpaired) electrons. The summed E-state index contributed by atoms with van der Waals surface area (Å²) in [4.78, 5) is 17.5. The van der Waals surface area contributed by atoms with Gasteiger partial charge in [-0.2, -0.15) is 26.3 Å². The average molecular weight is 685 g/mol. The first-order chi connectivity index (χ1) is 22.3. The first-order valence-electron chi connectivity index (χ1n) is 14.5. The smallest absolute Gasteiger partial charge is 0.350 e. The third kappa shape index (κ3) is 9.72. The molecule has 252 valence electrons. The minimum absolute atomic E-state index is 0.0697. The molecule has 1 aliphatic rings. The molecule has 1 saturated heterocycles. The molecular weight excluding hydrogens is 653 g/mol. The van der Waals surface area contributed by atoms with Gasteiger partial charge in [-0.3, -0.25) is 9.88 Å². The minimum Gasteiger partial charge on any atom is -0.350 e. The van der Waals surface area contributed by atoms with Gasteiger partial charge in [0.15, 0.2) is 6.29 Å². The van der Waals surface area contributed by atoms with Crippen LogP contribution < -0.4 is 5.69 Å². The van der Waals surface area contributed by atoms with Gasteiger partial charge in [-0.1, -0.05) is 60.7 Å². The van der Waals surface area contributed by atoms with Crippen LogP contribution >= 0.6 is 8.53 Å². The van der Waals surface area contributed by atoms with Crippen LogP contribution in [-0.2, 0) is 50.6 Å². The molecule has 0 bridgehead atoms. The lowest BCUT2D eigenvalue weighted by Crippen LogP contribution is -2.43. The van der Waals surface area contributed by atoms with Crippen LogP contribution in [-0.4, -0.2) is 45.4 Å². The molecule has 2 heterocycles. The van der Waals surface area contributed by atoms with E-state index in [0.29, 0.717) is 18.7 Å². The highest BCUT2D eigenvalue weighted by atomic mass is 31.2. The molecule has 47 heavy (non-hydrogen) atoms. The predicted molar refractivity (Wildman–Crippen MR) is 159 cm³/mol. The van der Waals surface area contributed by atoms with Crippen molar-refractivity contribution in [3.63, 3.8) is 0 Å². The van der Waals surface area contributed by atoms with E-state index in [9.17, 15) is 31.1 Å². The molecule has 0 spiro atoms. The minimum atomic E-state index is -4.98. The maximum absolute atomic E-state index is 13.4. The van der Waals surface area contributed by atoms with Gasteiger partial charge in [0, 0.05) is 6.54 Å². The van der Waals surface area contributed by atoms with E-state index in [0.717, 1.165) is 15.6 Å². The van der Waals surface area contributed by atoms with Crippen molar-refractivity contribution in [2.45, 2.75) is 51.4 Å². The van der Waals surface area contributed by atoms with Gasteiger partial charge in [0.05, 0.1) is 50.1 Å². The van der Waals surface area contributed by atoms with E-state index < -0.39 is 50.1 Å². The Morgan fingerprint density at radius 2 is 1.47 bits per heavy atom. The molecule has 2 atom stereocenters. The second-order valence-corrected chi connectivity index (χ2v) is 12.0. The Morgan fingerprint density at radius 3 is 2.00 bits per heavy atom. The Balaban J connectivity index is 1.25. The lowest BCUT2D eigenvalue weighted by Gasteiger charge is -2.33. The number of rotatable bonds is 12. The third-order valence-electron chi connectivity index (χ3n) is 7.10. The summed E-state index contributed by atoms with van der Waals surface area (Å²) in [6.07, 6.45) is -12.1. The molecule has 1 N–H and O–H groups in total. The second-order valence-electron chi connectivity index (χ2n) is 10.7. The number of nitrogens with zero attached hydrogens (tertiary/aromatic N) is 3. The number of alkyl halides is 6. The summed E-state index contributed by atoms with van der Waals surface area (Å²) in [5.41, 5.74) is -1.95. The molecule has 4 aromatic rings. The van der Waals surface area contributed by atoms with Crippen molar-refractivity contribution < 1.29 is 44.9 Å². The van der Waals surface area contributed by atoms with Crippen molar-refractivity contribution in [2.24, 2.45) is 0 Å². The van der Waals surface area contributed by atoms with Gasteiger partial charge < -0.3 is 18.5 Å². The number of H-pyrrole nitrogens is 1. The number of aromatic amines is 1. The summed E-state index contributed by atoms with van der Waals surface area (Å²) in [5.74, 6) is 0.288. The van der Waals surface area contributed by atoms with E-state index in [1.807, 2.05) is 65.6 Å². The normalized spacial score (nSPS) is 16.9. The molecule has 0 aliphatic carbocycles. The topological polar surface area (TPSA) is 90.8 Å². The van der Waals surface area contributed by atoms with E-state index in [2.05, 4.69) is 10.1 Å². The van der Waals surface area contributed by atoms with Crippen molar-refractivity contribution in [3.05, 3.63) is 123 Å². The van der Waals surface area contributed by atoms with Crippen molar-refractivity contribution in [1.82, 2.24) is 19.4 Å². The van der Waals surface area contributed by atoms with Crippen LogP contribution in [0, 0.1) is 0 Å². The lowest BCUT2D eigenvalue weighted by molar-refractivity contribution is -0.201. The molecule has 0 unspecified atom stereocenters. The van der Waals surface area contributed by atoms with Crippen molar-refractivity contribution in [1.29, 1.82) is 0 Å². The first kappa shape index (κ1) is 34.7. The van der Waals surface area contributed by atoms with Crippen LogP contribution in [0.3, 0.4) is 0 Å². The van der Waals surface area contributed by atoms with E-state index in [1.54, 1.807) is 0 Å². The molecule has 16 heteroatoms. The van der Waals surface area contributed by atoms with Gasteiger partial charge in [-0.25, -0.2) is 4.79 Å². The molecule has 1 aliphatic heterocycles. The van der Waals surface area contributed by atoms with Crippen molar-refractivity contribution in [2.75, 3.05) is 19.7 Å². The van der Waals surface area contributed by atoms with Gasteiger partial charge in [0.2, 0.25) is 0 Å². The van der Waals surface area contributed by atoms with Gasteiger partial charge in [-0.05, 0) is 41.8 Å². The molecule has 0 saturated carbocycles. The number of hydrogen-bond acceptors (Lipinski definition) is 7. The van der Waals surface area contributed by atoms with Crippen LogP contribution in [0.25, 0.3) is 0 Å². The Hall–Kier alpha value is -3.59. The molecule has 9 nitrogen and oxygen atoms in total. The maximum atomic E-state index is 13.4. The number of morpholine rings is 1.